The minimum absolute atomic E-state index is 0.00324. The molecule has 0 aromatic carbocycles. The summed E-state index contributed by atoms with van der Waals surface area (Å²) in [6, 6.07) is -0.227. The lowest BCUT2D eigenvalue weighted by Gasteiger charge is -2.23. The third-order valence-corrected chi connectivity index (χ3v) is 3.24. The van der Waals surface area contributed by atoms with Crippen molar-refractivity contribution in [1.82, 2.24) is 5.32 Å². The number of nitrogens with two attached hydrogens (primary N) is 1. The van der Waals surface area contributed by atoms with Crippen molar-refractivity contribution in [2.45, 2.75) is 39.3 Å². The van der Waals surface area contributed by atoms with Crippen molar-refractivity contribution in [3.05, 3.63) is 0 Å². The van der Waals surface area contributed by atoms with Gasteiger partial charge in [0, 0.05) is 6.61 Å². The fraction of sp³-hybridized carbons (Fsp3) is 0.818. The summed E-state index contributed by atoms with van der Waals surface area (Å²) in [4.78, 5) is 12.3. The Kier molecular flexibility index (Phi) is 4.68. The molecule has 16 heavy (non-hydrogen) atoms. The zero-order valence-electron chi connectivity index (χ0n) is 10.0. The SMILES string of the molecule is CC(C)C(NC(=O)C1CCOC1C)C(N)=S. The van der Waals surface area contributed by atoms with Gasteiger partial charge in [0.1, 0.15) is 0 Å². The van der Waals surface area contributed by atoms with Crippen LogP contribution in [0.15, 0.2) is 0 Å². The summed E-state index contributed by atoms with van der Waals surface area (Å²) in [6.07, 6.45) is 0.758. The summed E-state index contributed by atoms with van der Waals surface area (Å²) in [5, 5.41) is 2.90. The quantitative estimate of drug-likeness (QED) is 0.719. The molecule has 0 spiro atoms. The van der Waals surface area contributed by atoms with E-state index in [1.54, 1.807) is 0 Å². The molecule has 0 aromatic heterocycles. The Labute approximate surface area is 102 Å². The van der Waals surface area contributed by atoms with E-state index in [4.69, 9.17) is 22.7 Å². The molecular formula is C11H20N2O2S. The standard InChI is InChI=1S/C11H20N2O2S/c1-6(2)9(10(12)16)13-11(14)8-4-5-15-7(8)3/h6-9H,4-5H2,1-3H3,(H2,12,16)(H,13,14). The van der Waals surface area contributed by atoms with Gasteiger partial charge >= 0.3 is 0 Å². The smallest absolute Gasteiger partial charge is 0.226 e. The lowest BCUT2D eigenvalue weighted by molar-refractivity contribution is -0.126. The Morgan fingerprint density at radius 2 is 2.19 bits per heavy atom. The summed E-state index contributed by atoms with van der Waals surface area (Å²) < 4.78 is 5.36. The molecule has 3 N–H and O–H groups in total. The second-order valence-corrected chi connectivity index (χ2v) is 5.08. The molecule has 4 nitrogen and oxygen atoms in total. The molecule has 92 valence electrons. The van der Waals surface area contributed by atoms with Gasteiger partial charge in [-0.1, -0.05) is 26.1 Å². The first-order valence-corrected chi connectivity index (χ1v) is 6.05. The molecule has 0 saturated carbocycles. The van der Waals surface area contributed by atoms with Crippen LogP contribution in [-0.4, -0.2) is 29.6 Å². The van der Waals surface area contributed by atoms with Crippen molar-refractivity contribution in [1.29, 1.82) is 0 Å². The number of nitrogens with one attached hydrogen (secondary N) is 1. The Morgan fingerprint density at radius 1 is 1.56 bits per heavy atom. The maximum Gasteiger partial charge on any atom is 0.226 e. The van der Waals surface area contributed by atoms with Gasteiger partial charge in [-0.15, -0.1) is 0 Å². The van der Waals surface area contributed by atoms with Crippen molar-refractivity contribution < 1.29 is 9.53 Å². The molecule has 1 aliphatic heterocycles. The molecule has 1 heterocycles. The molecule has 0 radical (unpaired) electrons. The van der Waals surface area contributed by atoms with Crippen LogP contribution >= 0.6 is 12.2 Å². The first-order chi connectivity index (χ1) is 7.43. The second kappa shape index (κ2) is 5.59. The number of amides is 1. The van der Waals surface area contributed by atoms with Crippen LogP contribution in [0, 0.1) is 11.8 Å². The zero-order valence-corrected chi connectivity index (χ0v) is 10.8. The number of carbonyl (C=O) groups is 1. The number of thiocarbonyl (C=S) groups is 1. The van der Waals surface area contributed by atoms with Crippen molar-refractivity contribution in [2.75, 3.05) is 6.61 Å². The summed E-state index contributed by atoms with van der Waals surface area (Å²) in [5.74, 6) is 0.131. The minimum atomic E-state index is -0.227. The highest BCUT2D eigenvalue weighted by molar-refractivity contribution is 7.80. The van der Waals surface area contributed by atoms with E-state index in [2.05, 4.69) is 5.32 Å². The molecule has 0 aromatic rings. The van der Waals surface area contributed by atoms with Crippen LogP contribution in [0.3, 0.4) is 0 Å². The van der Waals surface area contributed by atoms with Gasteiger partial charge in [-0.3, -0.25) is 4.79 Å². The van der Waals surface area contributed by atoms with Crippen LogP contribution < -0.4 is 11.1 Å². The number of hydrogen-bond donors (Lipinski definition) is 2. The van der Waals surface area contributed by atoms with Crippen LogP contribution in [-0.2, 0) is 9.53 Å². The van der Waals surface area contributed by atoms with E-state index in [9.17, 15) is 4.79 Å². The molecule has 1 saturated heterocycles. The Bertz CT molecular complexity index is 281. The lowest BCUT2D eigenvalue weighted by Crippen LogP contribution is -2.49. The molecule has 0 bridgehead atoms. The predicted molar refractivity (Wildman–Crippen MR) is 67.1 cm³/mol. The van der Waals surface area contributed by atoms with E-state index in [-0.39, 0.29) is 29.9 Å². The topological polar surface area (TPSA) is 64.3 Å². The third-order valence-electron chi connectivity index (χ3n) is 2.98. The van der Waals surface area contributed by atoms with E-state index in [0.29, 0.717) is 11.6 Å². The van der Waals surface area contributed by atoms with Crippen LogP contribution in [0.5, 0.6) is 0 Å². The number of hydrogen-bond acceptors (Lipinski definition) is 3. The van der Waals surface area contributed by atoms with Gasteiger partial charge in [0.05, 0.1) is 23.1 Å². The highest BCUT2D eigenvalue weighted by Gasteiger charge is 2.32. The molecule has 3 unspecified atom stereocenters. The number of rotatable bonds is 4. The largest absolute Gasteiger partial charge is 0.392 e. The van der Waals surface area contributed by atoms with Crippen LogP contribution in [0.1, 0.15) is 27.2 Å². The Balaban J connectivity index is 2.58. The van der Waals surface area contributed by atoms with E-state index in [1.807, 2.05) is 20.8 Å². The molecular weight excluding hydrogens is 224 g/mol. The third kappa shape index (κ3) is 3.15. The first kappa shape index (κ1) is 13.4. The van der Waals surface area contributed by atoms with Crippen LogP contribution in [0.2, 0.25) is 0 Å². The second-order valence-electron chi connectivity index (χ2n) is 4.60. The van der Waals surface area contributed by atoms with E-state index >= 15 is 0 Å². The summed E-state index contributed by atoms with van der Waals surface area (Å²) in [7, 11) is 0. The van der Waals surface area contributed by atoms with Crippen molar-refractivity contribution in [2.24, 2.45) is 17.6 Å². The van der Waals surface area contributed by atoms with E-state index < -0.39 is 0 Å². The van der Waals surface area contributed by atoms with E-state index in [1.165, 1.54) is 0 Å². The zero-order chi connectivity index (χ0) is 12.3. The summed E-state index contributed by atoms with van der Waals surface area (Å²) >= 11 is 4.95. The van der Waals surface area contributed by atoms with Gasteiger partial charge < -0.3 is 15.8 Å². The molecule has 1 aliphatic rings. The Hall–Kier alpha value is -0.680. The maximum atomic E-state index is 12.0. The van der Waals surface area contributed by atoms with Crippen molar-refractivity contribution in [3.63, 3.8) is 0 Å². The van der Waals surface area contributed by atoms with Gasteiger partial charge in [-0.25, -0.2) is 0 Å². The Morgan fingerprint density at radius 3 is 2.56 bits per heavy atom. The first-order valence-electron chi connectivity index (χ1n) is 5.64. The summed E-state index contributed by atoms with van der Waals surface area (Å²) in [6.45, 7) is 6.54. The maximum absolute atomic E-state index is 12.0. The molecule has 1 rings (SSSR count). The van der Waals surface area contributed by atoms with Gasteiger partial charge in [0.15, 0.2) is 0 Å². The van der Waals surface area contributed by atoms with Gasteiger partial charge in [0.25, 0.3) is 0 Å². The van der Waals surface area contributed by atoms with Gasteiger partial charge in [-0.2, -0.15) is 0 Å². The lowest BCUT2D eigenvalue weighted by atomic mass is 9.99. The molecule has 3 atom stereocenters. The average molecular weight is 244 g/mol. The highest BCUT2D eigenvalue weighted by Crippen LogP contribution is 2.20. The fourth-order valence-corrected chi connectivity index (χ4v) is 2.23. The number of carbonyl (C=O) groups excluding carboxylic acids is 1. The molecule has 5 heteroatoms. The normalized spacial score (nSPS) is 26.8. The molecule has 0 aliphatic carbocycles. The monoisotopic (exact) mass is 244 g/mol. The minimum Gasteiger partial charge on any atom is -0.392 e. The van der Waals surface area contributed by atoms with Gasteiger partial charge in [0.2, 0.25) is 5.91 Å². The molecule has 1 amide bonds. The van der Waals surface area contributed by atoms with E-state index in [0.717, 1.165) is 6.42 Å². The van der Waals surface area contributed by atoms with Crippen LogP contribution in [0.4, 0.5) is 0 Å². The van der Waals surface area contributed by atoms with Gasteiger partial charge in [-0.05, 0) is 19.3 Å². The predicted octanol–water partition coefficient (Wildman–Crippen LogP) is 0.838. The average Bonchev–Trinajstić information content (AvgIpc) is 2.59. The molecule has 1 fully saturated rings. The van der Waals surface area contributed by atoms with Crippen LogP contribution in [0.25, 0.3) is 0 Å². The highest BCUT2D eigenvalue weighted by atomic mass is 32.1. The summed E-state index contributed by atoms with van der Waals surface area (Å²) in [5.41, 5.74) is 5.60. The van der Waals surface area contributed by atoms with Crippen molar-refractivity contribution >= 4 is 23.1 Å². The number of ether oxygens (including phenoxy) is 1. The van der Waals surface area contributed by atoms with Crippen molar-refractivity contribution in [3.8, 4) is 0 Å². The fourth-order valence-electron chi connectivity index (χ4n) is 1.90.